The Hall–Kier alpha value is -2.29. The third kappa shape index (κ3) is 1.74. The summed E-state index contributed by atoms with van der Waals surface area (Å²) < 4.78 is 7.14. The lowest BCUT2D eigenvalue weighted by atomic mass is 10.2. The molecule has 0 aliphatic rings. The normalized spacial score (nSPS) is 10.8. The Bertz CT molecular complexity index is 701. The molecule has 2 aromatic carbocycles. The minimum absolute atomic E-state index is 0.854. The van der Waals surface area contributed by atoms with Gasteiger partial charge in [-0.1, -0.05) is 18.2 Å². The molecule has 0 fully saturated rings. The summed E-state index contributed by atoms with van der Waals surface area (Å²) >= 11 is 0. The molecule has 1 heterocycles. The van der Waals surface area contributed by atoms with E-state index in [0.29, 0.717) is 0 Å². The molecule has 0 saturated carbocycles. The summed E-state index contributed by atoms with van der Waals surface area (Å²) in [4.78, 5) is 0. The van der Waals surface area contributed by atoms with Gasteiger partial charge >= 0.3 is 0 Å². The molecule has 0 N–H and O–H groups in total. The summed E-state index contributed by atoms with van der Waals surface area (Å²) in [5.41, 5.74) is 3.28. The Morgan fingerprint density at radius 3 is 2.72 bits per heavy atom. The van der Waals surface area contributed by atoms with Gasteiger partial charge in [0.25, 0.3) is 0 Å². The van der Waals surface area contributed by atoms with Crippen molar-refractivity contribution in [3.05, 3.63) is 54.2 Å². The molecule has 18 heavy (non-hydrogen) atoms. The van der Waals surface area contributed by atoms with Gasteiger partial charge in [-0.25, -0.2) is 4.68 Å². The van der Waals surface area contributed by atoms with E-state index in [1.807, 2.05) is 41.2 Å². The highest BCUT2D eigenvalue weighted by Gasteiger charge is 2.05. The fraction of sp³-hybridized carbons (Fsp3) is 0.133. The number of benzene rings is 2. The topological polar surface area (TPSA) is 27.1 Å². The van der Waals surface area contributed by atoms with Crippen molar-refractivity contribution in [1.82, 2.24) is 9.78 Å². The van der Waals surface area contributed by atoms with Crippen molar-refractivity contribution in [2.24, 2.45) is 0 Å². The monoisotopic (exact) mass is 238 g/mol. The zero-order valence-corrected chi connectivity index (χ0v) is 10.4. The molecule has 0 bridgehead atoms. The van der Waals surface area contributed by atoms with Crippen LogP contribution >= 0.6 is 0 Å². The Labute approximate surface area is 106 Å². The first kappa shape index (κ1) is 10.8. The van der Waals surface area contributed by atoms with Crippen LogP contribution in [0.3, 0.4) is 0 Å². The molecular weight excluding hydrogens is 224 g/mol. The van der Waals surface area contributed by atoms with Crippen LogP contribution in [0.4, 0.5) is 0 Å². The van der Waals surface area contributed by atoms with E-state index in [2.05, 4.69) is 24.2 Å². The number of ether oxygens (including phenoxy) is 1. The molecule has 3 rings (SSSR count). The average Bonchev–Trinajstić information content (AvgIpc) is 2.81. The Balaban J connectivity index is 2.17. The number of hydrogen-bond donors (Lipinski definition) is 0. The van der Waals surface area contributed by atoms with Crippen LogP contribution in [0.5, 0.6) is 5.75 Å². The largest absolute Gasteiger partial charge is 0.497 e. The van der Waals surface area contributed by atoms with Crippen LogP contribution in [-0.4, -0.2) is 16.9 Å². The lowest BCUT2D eigenvalue weighted by Crippen LogP contribution is -1.96. The maximum Gasteiger partial charge on any atom is 0.119 e. The predicted octanol–water partition coefficient (Wildman–Crippen LogP) is 3.34. The Morgan fingerprint density at radius 1 is 1.11 bits per heavy atom. The van der Waals surface area contributed by atoms with Crippen LogP contribution in [0.25, 0.3) is 16.6 Å². The molecule has 0 aliphatic carbocycles. The third-order valence-corrected chi connectivity index (χ3v) is 3.07. The fourth-order valence-corrected chi connectivity index (χ4v) is 2.07. The molecule has 0 spiro atoms. The zero-order chi connectivity index (χ0) is 12.5. The number of para-hydroxylation sites is 1. The van der Waals surface area contributed by atoms with Crippen LogP contribution in [0, 0.1) is 6.92 Å². The van der Waals surface area contributed by atoms with Crippen LogP contribution in [0.15, 0.2) is 48.7 Å². The van der Waals surface area contributed by atoms with Gasteiger partial charge in [-0.05, 0) is 36.8 Å². The second-order valence-electron chi connectivity index (χ2n) is 4.28. The summed E-state index contributed by atoms with van der Waals surface area (Å²) in [7, 11) is 1.67. The lowest BCUT2D eigenvalue weighted by Gasteiger charge is -2.03. The standard InChI is InChI=1S/C15H14N2O/c1-11-5-3-4-6-15(11)17-10-12-9-13(18-2)7-8-14(12)16-17/h3-10H,1-2H3. The molecule has 90 valence electrons. The highest BCUT2D eigenvalue weighted by atomic mass is 16.5. The zero-order valence-electron chi connectivity index (χ0n) is 10.4. The number of nitrogens with zero attached hydrogens (tertiary/aromatic N) is 2. The van der Waals surface area contributed by atoms with Gasteiger partial charge in [0, 0.05) is 11.6 Å². The average molecular weight is 238 g/mol. The maximum atomic E-state index is 5.22. The summed E-state index contributed by atoms with van der Waals surface area (Å²) in [6.07, 6.45) is 2.03. The van der Waals surface area contributed by atoms with E-state index in [4.69, 9.17) is 4.74 Å². The maximum absolute atomic E-state index is 5.22. The van der Waals surface area contributed by atoms with Gasteiger partial charge in [0.2, 0.25) is 0 Å². The molecular formula is C15H14N2O. The van der Waals surface area contributed by atoms with Gasteiger partial charge in [0.15, 0.2) is 0 Å². The number of aryl methyl sites for hydroxylation is 1. The first-order valence-electron chi connectivity index (χ1n) is 5.87. The number of hydrogen-bond acceptors (Lipinski definition) is 2. The molecule has 0 amide bonds. The van der Waals surface area contributed by atoms with E-state index in [0.717, 1.165) is 22.3 Å². The van der Waals surface area contributed by atoms with E-state index in [1.54, 1.807) is 7.11 Å². The second kappa shape index (κ2) is 4.18. The number of fused-ring (bicyclic) bond motifs is 1. The minimum atomic E-state index is 0.854. The van der Waals surface area contributed by atoms with Gasteiger partial charge in [-0.3, -0.25) is 0 Å². The molecule has 1 aromatic heterocycles. The number of aromatic nitrogens is 2. The molecule has 0 atom stereocenters. The molecule has 3 aromatic rings. The van der Waals surface area contributed by atoms with Crippen molar-refractivity contribution in [2.45, 2.75) is 6.92 Å². The van der Waals surface area contributed by atoms with Crippen LogP contribution in [-0.2, 0) is 0 Å². The van der Waals surface area contributed by atoms with Crippen molar-refractivity contribution in [2.75, 3.05) is 7.11 Å². The summed E-state index contributed by atoms with van der Waals surface area (Å²) in [6.45, 7) is 2.09. The van der Waals surface area contributed by atoms with Crippen LogP contribution < -0.4 is 4.74 Å². The van der Waals surface area contributed by atoms with Gasteiger partial charge in [0.05, 0.1) is 18.3 Å². The predicted molar refractivity (Wildman–Crippen MR) is 72.4 cm³/mol. The molecule has 0 unspecified atom stereocenters. The van der Waals surface area contributed by atoms with Crippen molar-refractivity contribution < 1.29 is 4.74 Å². The SMILES string of the molecule is COc1ccc2nn(-c3ccccc3C)cc2c1. The Morgan fingerprint density at radius 2 is 1.94 bits per heavy atom. The highest BCUT2D eigenvalue weighted by molar-refractivity contribution is 5.80. The quantitative estimate of drug-likeness (QED) is 0.684. The highest BCUT2D eigenvalue weighted by Crippen LogP contribution is 2.22. The van der Waals surface area contributed by atoms with E-state index in [9.17, 15) is 0 Å². The lowest BCUT2D eigenvalue weighted by molar-refractivity contribution is 0.415. The Kier molecular flexibility index (Phi) is 2.52. The van der Waals surface area contributed by atoms with Crippen LogP contribution in [0.2, 0.25) is 0 Å². The van der Waals surface area contributed by atoms with Gasteiger partial charge < -0.3 is 4.74 Å². The number of methoxy groups -OCH3 is 1. The van der Waals surface area contributed by atoms with Gasteiger partial charge in [-0.15, -0.1) is 0 Å². The van der Waals surface area contributed by atoms with E-state index < -0.39 is 0 Å². The van der Waals surface area contributed by atoms with Crippen molar-refractivity contribution in [3.8, 4) is 11.4 Å². The van der Waals surface area contributed by atoms with Crippen molar-refractivity contribution >= 4 is 10.9 Å². The summed E-state index contributed by atoms with van der Waals surface area (Å²) in [5.74, 6) is 0.854. The third-order valence-electron chi connectivity index (χ3n) is 3.07. The van der Waals surface area contributed by atoms with E-state index in [-0.39, 0.29) is 0 Å². The molecule has 3 nitrogen and oxygen atoms in total. The molecule has 3 heteroatoms. The smallest absolute Gasteiger partial charge is 0.119 e. The number of rotatable bonds is 2. The first-order chi connectivity index (χ1) is 8.78. The van der Waals surface area contributed by atoms with Crippen LogP contribution in [0.1, 0.15) is 5.56 Å². The van der Waals surface area contributed by atoms with Gasteiger partial charge in [-0.2, -0.15) is 5.10 Å². The summed E-state index contributed by atoms with van der Waals surface area (Å²) in [5, 5.41) is 5.66. The second-order valence-corrected chi connectivity index (χ2v) is 4.28. The van der Waals surface area contributed by atoms with Crippen molar-refractivity contribution in [1.29, 1.82) is 0 Å². The molecule has 0 saturated heterocycles. The minimum Gasteiger partial charge on any atom is -0.497 e. The fourth-order valence-electron chi connectivity index (χ4n) is 2.07. The van der Waals surface area contributed by atoms with E-state index in [1.165, 1.54) is 5.56 Å². The van der Waals surface area contributed by atoms with Gasteiger partial charge in [0.1, 0.15) is 5.75 Å². The molecule has 0 aliphatic heterocycles. The van der Waals surface area contributed by atoms with Crippen molar-refractivity contribution in [3.63, 3.8) is 0 Å². The summed E-state index contributed by atoms with van der Waals surface area (Å²) in [6, 6.07) is 14.1. The van der Waals surface area contributed by atoms with E-state index >= 15 is 0 Å². The first-order valence-corrected chi connectivity index (χ1v) is 5.87. The molecule has 0 radical (unpaired) electrons.